The highest BCUT2D eigenvalue weighted by Crippen LogP contribution is 2.52. The third-order valence-corrected chi connectivity index (χ3v) is 5.59. The lowest BCUT2D eigenvalue weighted by Crippen LogP contribution is -2.44. The van der Waals surface area contributed by atoms with Crippen molar-refractivity contribution in [3.8, 4) is 0 Å². The summed E-state index contributed by atoms with van der Waals surface area (Å²) >= 11 is 0. The molecule has 2 bridgehead atoms. The van der Waals surface area contributed by atoms with E-state index in [4.69, 9.17) is 9.47 Å². The van der Waals surface area contributed by atoms with E-state index in [1.54, 1.807) is 29.1 Å². The molecule has 0 aliphatic carbocycles. The highest BCUT2D eigenvalue weighted by atomic mass is 16.5. The molecule has 4 heterocycles. The lowest BCUT2D eigenvalue weighted by molar-refractivity contribution is -0.143. The van der Waals surface area contributed by atoms with Crippen LogP contribution in [0.3, 0.4) is 0 Å². The van der Waals surface area contributed by atoms with Crippen LogP contribution in [0.1, 0.15) is 12.6 Å². The average molecular weight is 372 g/mol. The zero-order valence-electron chi connectivity index (χ0n) is 15.6. The molecular formula is C19H24N4O4. The van der Waals surface area contributed by atoms with E-state index in [1.165, 1.54) is 6.33 Å². The third kappa shape index (κ3) is 3.02. The van der Waals surface area contributed by atoms with Crippen molar-refractivity contribution in [1.29, 1.82) is 0 Å². The van der Waals surface area contributed by atoms with Gasteiger partial charge in [-0.05, 0) is 13.0 Å². The van der Waals surface area contributed by atoms with Crippen LogP contribution in [-0.2, 0) is 25.6 Å². The van der Waals surface area contributed by atoms with Gasteiger partial charge in [-0.3, -0.25) is 9.59 Å². The van der Waals surface area contributed by atoms with Crippen LogP contribution in [-0.4, -0.2) is 76.6 Å². The van der Waals surface area contributed by atoms with Crippen LogP contribution in [0.4, 0.5) is 0 Å². The summed E-state index contributed by atoms with van der Waals surface area (Å²) in [5.74, 6) is -1.06. The van der Waals surface area contributed by atoms with E-state index in [9.17, 15) is 9.59 Å². The Morgan fingerprint density at radius 2 is 2.37 bits per heavy atom. The second-order valence-corrected chi connectivity index (χ2v) is 7.25. The standard InChI is InChI=1S/C19H24N4O4/c1-3-26-9-8-23-11-19-6-4-14(27-19)15(16(19)18(23)25)17(24)22(2)10-13-5-7-20-12-21-13/h4-7,12,14-16H,3,8-11H2,1-2H3/t14-,15?,16?,19-/m1/s1. The van der Waals surface area contributed by atoms with Crippen LogP contribution in [0.2, 0.25) is 0 Å². The average Bonchev–Trinajstić information content (AvgIpc) is 3.31. The highest BCUT2D eigenvalue weighted by Gasteiger charge is 2.66. The van der Waals surface area contributed by atoms with Crippen molar-refractivity contribution in [2.24, 2.45) is 11.8 Å². The fourth-order valence-corrected chi connectivity index (χ4v) is 4.36. The Bertz CT molecular complexity index is 755. The molecule has 1 aromatic heterocycles. The topological polar surface area (TPSA) is 84.9 Å². The molecule has 0 saturated carbocycles. The van der Waals surface area contributed by atoms with Crippen LogP contribution >= 0.6 is 0 Å². The normalized spacial score (nSPS) is 30.8. The molecule has 144 valence electrons. The van der Waals surface area contributed by atoms with Gasteiger partial charge in [0.15, 0.2) is 0 Å². The summed E-state index contributed by atoms with van der Waals surface area (Å²) in [6, 6.07) is 1.78. The minimum absolute atomic E-state index is 0.0182. The number of carbonyl (C=O) groups is 2. The van der Waals surface area contributed by atoms with Crippen molar-refractivity contribution in [2.45, 2.75) is 25.2 Å². The molecule has 2 amide bonds. The zero-order chi connectivity index (χ0) is 19.0. The van der Waals surface area contributed by atoms with E-state index in [2.05, 4.69) is 9.97 Å². The zero-order valence-corrected chi connectivity index (χ0v) is 15.6. The number of nitrogens with zero attached hydrogens (tertiary/aromatic N) is 4. The largest absolute Gasteiger partial charge is 0.380 e. The smallest absolute Gasteiger partial charge is 0.230 e. The second kappa shape index (κ2) is 7.01. The monoisotopic (exact) mass is 372 g/mol. The van der Waals surface area contributed by atoms with Gasteiger partial charge in [-0.15, -0.1) is 0 Å². The Balaban J connectivity index is 1.49. The molecule has 2 unspecified atom stereocenters. The molecule has 2 fully saturated rings. The molecule has 0 N–H and O–H groups in total. The number of carbonyl (C=O) groups excluding carboxylic acids is 2. The lowest BCUT2D eigenvalue weighted by atomic mass is 9.76. The van der Waals surface area contributed by atoms with E-state index >= 15 is 0 Å². The van der Waals surface area contributed by atoms with Gasteiger partial charge < -0.3 is 19.3 Å². The fraction of sp³-hybridized carbons (Fsp3) is 0.579. The minimum atomic E-state index is -0.677. The number of ether oxygens (including phenoxy) is 2. The van der Waals surface area contributed by atoms with Crippen molar-refractivity contribution >= 4 is 11.8 Å². The van der Waals surface area contributed by atoms with E-state index in [-0.39, 0.29) is 17.9 Å². The molecule has 1 spiro atoms. The molecule has 8 nitrogen and oxygen atoms in total. The first kappa shape index (κ1) is 18.1. The molecule has 4 rings (SSSR count). The van der Waals surface area contributed by atoms with Gasteiger partial charge in [0.05, 0.1) is 43.3 Å². The summed E-state index contributed by atoms with van der Waals surface area (Å²) < 4.78 is 11.5. The van der Waals surface area contributed by atoms with E-state index in [0.29, 0.717) is 32.8 Å². The molecule has 4 atom stereocenters. The second-order valence-electron chi connectivity index (χ2n) is 7.25. The third-order valence-electron chi connectivity index (χ3n) is 5.59. The fourth-order valence-electron chi connectivity index (χ4n) is 4.36. The quantitative estimate of drug-likeness (QED) is 0.504. The summed E-state index contributed by atoms with van der Waals surface area (Å²) in [5.41, 5.74) is 0.0793. The number of rotatable bonds is 7. The maximum Gasteiger partial charge on any atom is 0.230 e. The van der Waals surface area contributed by atoms with Gasteiger partial charge in [0, 0.05) is 26.4 Å². The summed E-state index contributed by atoms with van der Waals surface area (Å²) in [6.45, 7) is 4.40. The maximum atomic E-state index is 13.2. The van der Waals surface area contributed by atoms with Gasteiger partial charge in [0.1, 0.15) is 11.9 Å². The Kier molecular flexibility index (Phi) is 4.69. The van der Waals surface area contributed by atoms with Crippen LogP contribution < -0.4 is 0 Å². The van der Waals surface area contributed by atoms with Crippen molar-refractivity contribution in [2.75, 3.05) is 33.4 Å². The van der Waals surface area contributed by atoms with Gasteiger partial charge in [-0.1, -0.05) is 12.2 Å². The number of aromatic nitrogens is 2. The van der Waals surface area contributed by atoms with Crippen molar-refractivity contribution in [3.05, 3.63) is 36.4 Å². The van der Waals surface area contributed by atoms with Crippen LogP contribution in [0.25, 0.3) is 0 Å². The van der Waals surface area contributed by atoms with E-state index < -0.39 is 17.4 Å². The van der Waals surface area contributed by atoms with Gasteiger partial charge >= 0.3 is 0 Å². The van der Waals surface area contributed by atoms with Gasteiger partial charge in [0.25, 0.3) is 0 Å². The molecule has 1 aromatic rings. The first-order valence-electron chi connectivity index (χ1n) is 9.29. The molecule has 3 aliphatic heterocycles. The number of hydrogen-bond acceptors (Lipinski definition) is 6. The summed E-state index contributed by atoms with van der Waals surface area (Å²) in [5, 5.41) is 0. The van der Waals surface area contributed by atoms with Gasteiger partial charge in [0.2, 0.25) is 11.8 Å². The van der Waals surface area contributed by atoms with Crippen LogP contribution in [0.15, 0.2) is 30.7 Å². The van der Waals surface area contributed by atoms with Crippen molar-refractivity contribution in [1.82, 2.24) is 19.8 Å². The number of amides is 2. The van der Waals surface area contributed by atoms with Gasteiger partial charge in [-0.2, -0.15) is 0 Å². The number of fused-ring (bicyclic) bond motifs is 1. The molecule has 3 aliphatic rings. The Morgan fingerprint density at radius 3 is 3.11 bits per heavy atom. The van der Waals surface area contributed by atoms with Crippen LogP contribution in [0.5, 0.6) is 0 Å². The van der Waals surface area contributed by atoms with Crippen molar-refractivity contribution < 1.29 is 19.1 Å². The van der Waals surface area contributed by atoms with Gasteiger partial charge in [-0.25, -0.2) is 9.97 Å². The lowest BCUT2D eigenvalue weighted by Gasteiger charge is -2.27. The Labute approximate surface area is 158 Å². The first-order valence-corrected chi connectivity index (χ1v) is 9.29. The number of hydrogen-bond donors (Lipinski definition) is 0. The highest BCUT2D eigenvalue weighted by molar-refractivity contribution is 5.93. The number of likely N-dealkylation sites (tertiary alicyclic amines) is 1. The van der Waals surface area contributed by atoms with Crippen molar-refractivity contribution in [3.63, 3.8) is 0 Å². The molecule has 2 saturated heterocycles. The van der Waals surface area contributed by atoms with E-state index in [0.717, 1.165) is 5.69 Å². The minimum Gasteiger partial charge on any atom is -0.380 e. The first-order chi connectivity index (χ1) is 13.1. The predicted molar refractivity (Wildman–Crippen MR) is 95.3 cm³/mol. The SMILES string of the molecule is CCOCCN1C[C@@]23C=C[C@@H](O2)C(C(=O)N(C)Cc2ccncn2)C3C1=O. The predicted octanol–water partition coefficient (Wildman–Crippen LogP) is 0.254. The van der Waals surface area contributed by atoms with E-state index in [1.807, 2.05) is 19.1 Å². The Morgan fingerprint density at radius 1 is 1.52 bits per heavy atom. The molecule has 8 heteroatoms. The van der Waals surface area contributed by atoms with Crippen LogP contribution in [0, 0.1) is 11.8 Å². The summed E-state index contributed by atoms with van der Waals surface area (Å²) in [4.78, 5) is 37.6. The molecule has 0 radical (unpaired) electrons. The maximum absolute atomic E-state index is 13.2. The summed E-state index contributed by atoms with van der Waals surface area (Å²) in [7, 11) is 1.74. The molecule has 0 aromatic carbocycles. The molecular weight excluding hydrogens is 348 g/mol. The Hall–Kier alpha value is -2.32. The molecule has 27 heavy (non-hydrogen) atoms. The summed E-state index contributed by atoms with van der Waals surface area (Å²) in [6.07, 6.45) is 6.67.